The zero-order chi connectivity index (χ0) is 81.7. The molecule has 2 aromatic heterocycles. The Labute approximate surface area is 465 Å². The largest absolute Gasteiger partial charge is 0.507 e. The summed E-state index contributed by atoms with van der Waals surface area (Å²) in [6.07, 6.45) is 1.12. The second-order valence-electron chi connectivity index (χ2n) is 16.9. The predicted molar refractivity (Wildman–Crippen MR) is 293 cm³/mol. The van der Waals surface area contributed by atoms with Crippen LogP contribution in [0.25, 0.3) is 83.9 Å². The number of aromatic hydroxyl groups is 1. The zero-order valence-electron chi connectivity index (χ0n) is 75.4. The highest BCUT2D eigenvalue weighted by Crippen LogP contribution is 2.46. The van der Waals surface area contributed by atoms with Crippen molar-refractivity contribution in [3.63, 3.8) is 0 Å². The Morgan fingerprint density at radius 3 is 1.67 bits per heavy atom. The molecule has 0 aliphatic rings. The molecule has 7 aromatic carbocycles. The van der Waals surface area contributed by atoms with Crippen molar-refractivity contribution in [1.29, 1.82) is 0 Å². The van der Waals surface area contributed by atoms with Crippen LogP contribution in [0.15, 0.2) is 164 Å². The van der Waals surface area contributed by atoms with E-state index in [1.807, 2.05) is 0 Å². The summed E-state index contributed by atoms with van der Waals surface area (Å²) in [7, 11) is 0. The summed E-state index contributed by atoms with van der Waals surface area (Å²) in [5, 5.41) is 13.1. The van der Waals surface area contributed by atoms with E-state index in [1.54, 1.807) is 72.8 Å². The van der Waals surface area contributed by atoms with Crippen LogP contribution >= 0.6 is 0 Å². The molecule has 0 aliphatic heterocycles. The molecule has 0 spiro atoms. The monoisotopic (exact) mass is 945 g/mol. The molecule has 0 bridgehead atoms. The van der Waals surface area contributed by atoms with Crippen molar-refractivity contribution in [2.24, 2.45) is 0 Å². The molecule has 0 saturated carbocycles. The van der Waals surface area contributed by atoms with E-state index >= 15 is 0 Å². The van der Waals surface area contributed by atoms with Crippen LogP contribution in [0, 0.1) is 6.85 Å². The first-order chi connectivity index (χ1) is 48.8. The van der Waals surface area contributed by atoms with Crippen molar-refractivity contribution in [2.75, 3.05) is 0 Å². The van der Waals surface area contributed by atoms with Crippen molar-refractivity contribution < 1.29 is 58.6 Å². The van der Waals surface area contributed by atoms with Gasteiger partial charge in [0.05, 0.1) is 28.0 Å². The van der Waals surface area contributed by atoms with E-state index in [-0.39, 0.29) is 50.6 Å². The number of imidazole rings is 1. The van der Waals surface area contributed by atoms with E-state index in [2.05, 4.69) is 4.98 Å². The number of phenols is 1. The minimum absolute atomic E-state index is 0.0125. The van der Waals surface area contributed by atoms with Gasteiger partial charge in [0.25, 0.3) is 0 Å². The smallest absolute Gasteiger partial charge is 0.149 e. The normalized spacial score (nSPS) is 23.2. The molecule has 9 rings (SSSR count). The van der Waals surface area contributed by atoms with Crippen LogP contribution in [0.3, 0.4) is 0 Å². The molecule has 348 valence electrons. The summed E-state index contributed by atoms with van der Waals surface area (Å²) in [5.74, 6) is -2.53. The third-order valence-electron chi connectivity index (χ3n) is 11.8. The third-order valence-corrected chi connectivity index (χ3v) is 11.8. The van der Waals surface area contributed by atoms with Gasteiger partial charge in [0, 0.05) is 76.3 Å². The van der Waals surface area contributed by atoms with Crippen LogP contribution in [-0.4, -0.2) is 19.6 Å². The van der Waals surface area contributed by atoms with Crippen molar-refractivity contribution in [3.05, 3.63) is 192 Å². The fourth-order valence-electron chi connectivity index (χ4n) is 8.33. The van der Waals surface area contributed by atoms with E-state index in [0.29, 0.717) is 28.8 Å². The van der Waals surface area contributed by atoms with Gasteiger partial charge in [-0.3, -0.25) is 9.55 Å². The van der Waals surface area contributed by atoms with Crippen LogP contribution in [0.4, 0.5) is 0 Å². The van der Waals surface area contributed by atoms with Crippen molar-refractivity contribution in [1.82, 2.24) is 14.5 Å². The zero-order valence-corrected chi connectivity index (χ0v) is 36.4. The highest BCUT2D eigenvalue weighted by Gasteiger charge is 2.29. The van der Waals surface area contributed by atoms with Crippen LogP contribution in [-0.2, 0) is 21.7 Å². The fourth-order valence-corrected chi connectivity index (χ4v) is 8.33. The number of rotatable bonds is 7. The van der Waals surface area contributed by atoms with Crippen LogP contribution in [0.5, 0.6) is 5.75 Å². The number of nitrogens with zero attached hydrogens (tertiary/aromatic N) is 3. The predicted octanol–water partition coefficient (Wildman–Crippen LogP) is 17.6. The Hall–Kier alpha value is -7.04. The van der Waals surface area contributed by atoms with Crippen LogP contribution in [0.2, 0.25) is 0 Å². The maximum atomic E-state index is 13.1. The number of hydrogen-bond acceptors (Lipinski definition) is 3. The van der Waals surface area contributed by atoms with Gasteiger partial charge < -0.3 is 5.11 Å². The number of phenolic OH excluding ortho intramolecular Hbond substituents is 1. The lowest BCUT2D eigenvalue weighted by Crippen LogP contribution is -2.17. The molecule has 9 aromatic rings. The number of pyridine rings is 1. The Bertz CT molecular complexity index is 4640. The van der Waals surface area contributed by atoms with Gasteiger partial charge in [-0.15, -0.1) is 0 Å². The SMILES string of the molecule is [2H]C([2H])([2H])c1cc(-c2ccccc2)ccc1-n1c(-c2cc(C(C([2H])([2H])[2H])(C([2H])([2H])[2H])C([2H])([2H])[2H])cc(C(C([2H])([2H])[2H])(C([2H])([2H])[2H])C([2H])([2H])[2H])c2O)nc2c(-c3cc(-c4ccccc4)cc(-c4cc(-c5cc(C(C([2H])([2H])[2H])(C([2H])([2H])[2H])C([2H])([2H])[2H])cc(C(C([2H])([2H])[2H])(C([2H])([2H])[2H])C([2H])([2H])[2H])c5)ccn4)c3)cccc21. The molecule has 0 atom stereocenters. The Morgan fingerprint density at radius 2 is 1.03 bits per heavy atom. The molecule has 0 radical (unpaired) electrons. The number of para-hydroxylation sites is 1. The number of aromatic nitrogens is 3. The van der Waals surface area contributed by atoms with Gasteiger partial charge in [-0.25, -0.2) is 4.98 Å². The molecule has 0 unspecified atom stereocenters. The highest BCUT2D eigenvalue weighted by atomic mass is 16.3. The maximum Gasteiger partial charge on any atom is 0.149 e. The summed E-state index contributed by atoms with van der Waals surface area (Å²) in [6.45, 7) is -53.6. The minimum Gasteiger partial charge on any atom is -0.507 e. The molecule has 4 nitrogen and oxygen atoms in total. The second kappa shape index (κ2) is 17.5. The van der Waals surface area contributed by atoms with Crippen LogP contribution in [0.1, 0.15) is 163 Å². The van der Waals surface area contributed by atoms with Gasteiger partial charge >= 0.3 is 0 Å². The summed E-state index contributed by atoms with van der Waals surface area (Å²) >= 11 is 0. The number of aryl methyl sites for hydroxylation is 1. The Balaban J connectivity index is 1.49. The molecule has 0 fully saturated rings. The lowest BCUT2D eigenvalue weighted by atomic mass is 9.79. The standard InChI is InChI=1S/C65H67N3O/c1-41-31-44(42-21-16-14-17-22-42)27-28-57(41)68-58-26-20-25-53(59(58)67-61(68)54-39-52(64(8,9)10)40-55(60(54)69)65(11,12)13)48-32-46(43-23-18-15-19-24-43)33-49(34-48)56-37-45(29-30-66-56)47-35-50(62(2,3)4)38-51(36-47)63(5,6)7/h14-40,69H,1-13H3/i1D3,2D3,3D3,4D3,5D3,6D3,7D3,8D3,9D3,10D3,11D3,12D3,13D3. The van der Waals surface area contributed by atoms with E-state index in [9.17, 15) is 5.11 Å². The van der Waals surface area contributed by atoms with Crippen molar-refractivity contribution in [3.8, 4) is 78.6 Å². The summed E-state index contributed by atoms with van der Waals surface area (Å²) in [6, 6.07) is 34.0. The first kappa shape index (κ1) is 19.4. The quantitative estimate of drug-likeness (QED) is 0.173. The lowest BCUT2D eigenvalue weighted by molar-refractivity contribution is 0.446. The number of benzene rings is 7. The molecule has 0 aliphatic carbocycles. The van der Waals surface area contributed by atoms with Crippen molar-refractivity contribution >= 4 is 11.0 Å². The second-order valence-corrected chi connectivity index (χ2v) is 16.9. The average Bonchev–Trinajstić information content (AvgIpc) is 0.765. The Morgan fingerprint density at radius 1 is 0.449 bits per heavy atom. The maximum absolute atomic E-state index is 13.1. The molecule has 4 heteroatoms. The van der Waals surface area contributed by atoms with Gasteiger partial charge in [-0.2, -0.15) is 0 Å². The van der Waals surface area contributed by atoms with Gasteiger partial charge in [0.15, 0.2) is 0 Å². The third kappa shape index (κ3) is 9.42. The number of hydrogen-bond donors (Lipinski definition) is 1. The van der Waals surface area contributed by atoms with Crippen LogP contribution < -0.4 is 0 Å². The molecule has 69 heavy (non-hydrogen) atoms. The molecule has 2 heterocycles. The topological polar surface area (TPSA) is 50.9 Å². The highest BCUT2D eigenvalue weighted by molar-refractivity contribution is 5.98. The van der Waals surface area contributed by atoms with E-state index in [0.717, 1.165) is 22.9 Å². The number of fused-ring (bicyclic) bond motifs is 1. The average molecular weight is 946 g/mol. The van der Waals surface area contributed by atoms with E-state index in [4.69, 9.17) is 58.4 Å². The van der Waals surface area contributed by atoms with E-state index < -0.39 is 167 Å². The van der Waals surface area contributed by atoms with Gasteiger partial charge in [-0.05, 0) is 144 Å². The van der Waals surface area contributed by atoms with E-state index in [1.165, 1.54) is 54.6 Å². The fraction of sp³-hybridized carbons (Fsp3) is 0.262. The van der Waals surface area contributed by atoms with Crippen molar-refractivity contribution in [2.45, 2.75) is 111 Å². The summed E-state index contributed by atoms with van der Waals surface area (Å²) in [4.78, 5) is 9.55. The van der Waals surface area contributed by atoms with Gasteiger partial charge in [-0.1, -0.05) is 185 Å². The minimum atomic E-state index is -4.39. The molecule has 0 amide bonds. The summed E-state index contributed by atoms with van der Waals surface area (Å²) < 4.78 is 342. The lowest BCUT2D eigenvalue weighted by Gasteiger charge is -2.27. The Kier molecular flexibility index (Phi) is 4.91. The molecule has 1 N–H and O–H groups in total. The first-order valence-electron chi connectivity index (χ1n) is 40.7. The molecule has 0 saturated heterocycles. The van der Waals surface area contributed by atoms with Gasteiger partial charge in [0.1, 0.15) is 11.6 Å². The van der Waals surface area contributed by atoms with Gasteiger partial charge in [0.2, 0.25) is 0 Å². The molecular formula is C65H67N3O. The summed E-state index contributed by atoms with van der Waals surface area (Å²) in [5.41, 5.74) is -24.1. The molecular weight excluding hydrogens is 839 g/mol. The first-order valence-corrected chi connectivity index (χ1v) is 21.2.